The minimum atomic E-state index is -0.119. The molecule has 0 amide bonds. The van der Waals surface area contributed by atoms with Gasteiger partial charge in [0.05, 0.1) is 18.5 Å². The van der Waals surface area contributed by atoms with Crippen molar-refractivity contribution in [2.75, 3.05) is 0 Å². The highest BCUT2D eigenvalue weighted by Crippen LogP contribution is 2.37. The number of hydrogen-bond donors (Lipinski definition) is 1. The molecule has 4 aromatic rings. The number of benzene rings is 1. The van der Waals surface area contributed by atoms with Crippen LogP contribution in [0.15, 0.2) is 59.5 Å². The maximum atomic E-state index is 10.2. The molecule has 0 fully saturated rings. The number of aliphatic hydroxyl groups is 1. The highest BCUT2D eigenvalue weighted by Gasteiger charge is 2.20. The second-order valence-corrected chi connectivity index (χ2v) is 6.84. The maximum Gasteiger partial charge on any atom is 0.159 e. The zero-order valence-corrected chi connectivity index (χ0v) is 15.8. The van der Waals surface area contributed by atoms with Crippen LogP contribution in [0.4, 0.5) is 0 Å². The quantitative estimate of drug-likeness (QED) is 0.542. The number of rotatable bonds is 4. The lowest BCUT2D eigenvalue weighted by Crippen LogP contribution is -2.03. The Morgan fingerprint density at radius 2 is 1.88 bits per heavy atom. The first-order chi connectivity index (χ1) is 12.7. The van der Waals surface area contributed by atoms with E-state index in [2.05, 4.69) is 26.0 Å². The number of halogens is 1. The number of hydrogen-bond acceptors (Lipinski definition) is 4. The third kappa shape index (κ3) is 2.81. The molecule has 0 bridgehead atoms. The molecule has 0 atom stereocenters. The van der Waals surface area contributed by atoms with E-state index in [1.165, 1.54) is 0 Å². The average molecular weight is 409 g/mol. The van der Waals surface area contributed by atoms with Crippen molar-refractivity contribution < 1.29 is 5.11 Å². The molecular weight excluding hydrogens is 392 g/mol. The number of aliphatic hydroxyl groups excluding tert-OH is 1. The Kier molecular flexibility index (Phi) is 4.53. The van der Waals surface area contributed by atoms with Gasteiger partial charge in [-0.2, -0.15) is 5.10 Å². The van der Waals surface area contributed by atoms with Gasteiger partial charge in [-0.15, -0.1) is 0 Å². The third-order valence-corrected chi connectivity index (χ3v) is 4.82. The van der Waals surface area contributed by atoms with E-state index in [4.69, 9.17) is 4.98 Å². The molecule has 5 nitrogen and oxygen atoms in total. The van der Waals surface area contributed by atoms with Gasteiger partial charge in [-0.05, 0) is 28.9 Å². The van der Waals surface area contributed by atoms with Crippen LogP contribution in [0.5, 0.6) is 0 Å². The summed E-state index contributed by atoms with van der Waals surface area (Å²) in [6.45, 7) is 2.64. The highest BCUT2D eigenvalue weighted by atomic mass is 79.9. The Hall–Kier alpha value is -2.57. The molecule has 0 unspecified atom stereocenters. The van der Waals surface area contributed by atoms with E-state index in [1.54, 1.807) is 12.4 Å². The van der Waals surface area contributed by atoms with Crippen molar-refractivity contribution in [1.29, 1.82) is 0 Å². The van der Waals surface area contributed by atoms with E-state index in [-0.39, 0.29) is 6.61 Å². The number of nitrogens with zero attached hydrogens (tertiary/aromatic N) is 4. The summed E-state index contributed by atoms with van der Waals surface area (Å²) < 4.78 is 2.76. The zero-order chi connectivity index (χ0) is 18.1. The first-order valence-corrected chi connectivity index (χ1v) is 9.17. The second-order valence-electron chi connectivity index (χ2n) is 5.93. The van der Waals surface area contributed by atoms with Crippen molar-refractivity contribution in [3.8, 4) is 22.4 Å². The van der Waals surface area contributed by atoms with Crippen molar-refractivity contribution in [2.24, 2.45) is 0 Å². The van der Waals surface area contributed by atoms with Gasteiger partial charge in [0.1, 0.15) is 0 Å². The number of fused-ring (bicyclic) bond motifs is 1. The predicted molar refractivity (Wildman–Crippen MR) is 105 cm³/mol. The van der Waals surface area contributed by atoms with Crippen molar-refractivity contribution in [3.05, 3.63) is 65.0 Å². The van der Waals surface area contributed by atoms with Crippen LogP contribution in [0.25, 0.3) is 33.4 Å². The fourth-order valence-corrected chi connectivity index (χ4v) is 3.59. The number of pyridine rings is 2. The Labute approximate surface area is 159 Å². The fraction of sp³-hybridized carbons (Fsp3) is 0.150. The SMILES string of the molecule is CCn1ncc2c(-c3cncc(Br)c3)c(CO)c(-c3ccccc3)nc21. The lowest BCUT2D eigenvalue weighted by molar-refractivity contribution is 0.282. The summed E-state index contributed by atoms with van der Waals surface area (Å²) in [5.41, 5.74) is 5.16. The summed E-state index contributed by atoms with van der Waals surface area (Å²) in [5.74, 6) is 0. The first-order valence-electron chi connectivity index (χ1n) is 8.38. The summed E-state index contributed by atoms with van der Waals surface area (Å²) in [6.07, 6.45) is 5.36. The Morgan fingerprint density at radius 1 is 1.08 bits per heavy atom. The summed E-state index contributed by atoms with van der Waals surface area (Å²) >= 11 is 3.49. The van der Waals surface area contributed by atoms with Gasteiger partial charge in [0.15, 0.2) is 5.65 Å². The first kappa shape index (κ1) is 16.9. The van der Waals surface area contributed by atoms with Crippen LogP contribution in [-0.2, 0) is 13.2 Å². The van der Waals surface area contributed by atoms with Crippen LogP contribution >= 0.6 is 15.9 Å². The molecular formula is C20H17BrN4O. The van der Waals surface area contributed by atoms with Crippen LogP contribution in [0.1, 0.15) is 12.5 Å². The second kappa shape index (κ2) is 6.97. The van der Waals surface area contributed by atoms with E-state index >= 15 is 0 Å². The lowest BCUT2D eigenvalue weighted by atomic mass is 9.95. The van der Waals surface area contributed by atoms with Gasteiger partial charge >= 0.3 is 0 Å². The molecule has 0 saturated carbocycles. The maximum absolute atomic E-state index is 10.2. The molecule has 0 saturated heterocycles. The van der Waals surface area contributed by atoms with Crippen LogP contribution in [-0.4, -0.2) is 24.9 Å². The monoisotopic (exact) mass is 408 g/mol. The predicted octanol–water partition coefficient (Wildman–Crippen LogP) is 4.44. The van der Waals surface area contributed by atoms with Crippen LogP contribution in [0.3, 0.4) is 0 Å². The molecule has 3 heterocycles. The number of aryl methyl sites for hydroxylation is 1. The minimum Gasteiger partial charge on any atom is -0.392 e. The van der Waals surface area contributed by atoms with E-state index in [9.17, 15) is 5.11 Å². The highest BCUT2D eigenvalue weighted by molar-refractivity contribution is 9.10. The van der Waals surface area contributed by atoms with Crippen LogP contribution < -0.4 is 0 Å². The fourth-order valence-electron chi connectivity index (χ4n) is 3.23. The standard InChI is InChI=1S/C20H17BrN4O/c1-2-25-20-16(11-23-25)18(14-8-15(21)10-22-9-14)17(12-26)19(24-20)13-6-4-3-5-7-13/h3-11,26H,2,12H2,1H3. The van der Waals surface area contributed by atoms with Crippen molar-refractivity contribution >= 4 is 27.0 Å². The van der Waals surface area contributed by atoms with E-state index in [0.717, 1.165) is 50.0 Å². The van der Waals surface area contributed by atoms with Gasteiger partial charge in [-0.25, -0.2) is 9.67 Å². The molecule has 4 rings (SSSR count). The molecule has 1 aromatic carbocycles. The Bertz CT molecular complexity index is 1080. The molecule has 0 aliphatic heterocycles. The molecule has 26 heavy (non-hydrogen) atoms. The van der Waals surface area contributed by atoms with Crippen molar-refractivity contribution in [1.82, 2.24) is 19.7 Å². The van der Waals surface area contributed by atoms with Gasteiger partial charge in [-0.1, -0.05) is 30.3 Å². The van der Waals surface area contributed by atoms with Crippen LogP contribution in [0, 0.1) is 0 Å². The molecule has 1 N–H and O–H groups in total. The third-order valence-electron chi connectivity index (χ3n) is 4.38. The molecule has 0 aliphatic carbocycles. The molecule has 3 aromatic heterocycles. The summed E-state index contributed by atoms with van der Waals surface area (Å²) in [4.78, 5) is 9.16. The van der Waals surface area contributed by atoms with Gasteiger partial charge < -0.3 is 5.11 Å². The molecule has 0 radical (unpaired) electrons. The van der Waals surface area contributed by atoms with Gasteiger partial charge in [-0.3, -0.25) is 4.98 Å². The van der Waals surface area contributed by atoms with E-state index < -0.39 is 0 Å². The van der Waals surface area contributed by atoms with Gasteiger partial charge in [0.2, 0.25) is 0 Å². The number of aromatic nitrogens is 4. The van der Waals surface area contributed by atoms with E-state index in [0.29, 0.717) is 0 Å². The Morgan fingerprint density at radius 3 is 2.58 bits per heavy atom. The zero-order valence-electron chi connectivity index (χ0n) is 14.2. The topological polar surface area (TPSA) is 63.8 Å². The largest absolute Gasteiger partial charge is 0.392 e. The smallest absolute Gasteiger partial charge is 0.159 e. The van der Waals surface area contributed by atoms with Crippen molar-refractivity contribution in [2.45, 2.75) is 20.1 Å². The molecule has 0 spiro atoms. The molecule has 130 valence electrons. The van der Waals surface area contributed by atoms with Gasteiger partial charge in [0, 0.05) is 51.1 Å². The summed E-state index contributed by atoms with van der Waals surface area (Å²) in [6, 6.07) is 11.9. The molecule has 6 heteroatoms. The summed E-state index contributed by atoms with van der Waals surface area (Å²) in [7, 11) is 0. The van der Waals surface area contributed by atoms with E-state index in [1.807, 2.05) is 54.2 Å². The average Bonchev–Trinajstić information content (AvgIpc) is 3.09. The minimum absolute atomic E-state index is 0.119. The normalized spacial score (nSPS) is 11.2. The van der Waals surface area contributed by atoms with Crippen molar-refractivity contribution in [3.63, 3.8) is 0 Å². The van der Waals surface area contributed by atoms with Crippen LogP contribution in [0.2, 0.25) is 0 Å². The van der Waals surface area contributed by atoms with Gasteiger partial charge in [0.25, 0.3) is 0 Å². The summed E-state index contributed by atoms with van der Waals surface area (Å²) in [5, 5.41) is 15.6. The lowest BCUT2D eigenvalue weighted by Gasteiger charge is -2.15. The molecule has 0 aliphatic rings. The Balaban J connectivity index is 2.13.